The Morgan fingerprint density at radius 1 is 0.735 bits per heavy atom. The second-order valence-electron chi connectivity index (χ2n) is 10.9. The van der Waals surface area contributed by atoms with Crippen LogP contribution in [0, 0.1) is 17.8 Å². The van der Waals surface area contributed by atoms with E-state index in [1.165, 1.54) is 56.9 Å². The molecule has 0 fully saturated rings. The van der Waals surface area contributed by atoms with Crippen molar-refractivity contribution in [3.05, 3.63) is 11.6 Å². The van der Waals surface area contributed by atoms with Crippen molar-refractivity contribution in [1.29, 1.82) is 0 Å². The van der Waals surface area contributed by atoms with Crippen LogP contribution in [0.3, 0.4) is 0 Å². The standard InChI is InChI=1S/C28H56O6/c1-21(2)11-8-13-23(4)15-10-17-24(5)16-9-14-22(3)12-6-7-18-34-20-26(31)28(33)27(32)25(30)19-29/h12,21,23-33H,6-11,13-20H2,1-5H3/b22-12+/t23?,24?,25-,26-,27-,28-/m0/s1. The molecule has 6 heteroatoms. The Bertz CT molecular complexity index is 495. The van der Waals surface area contributed by atoms with Gasteiger partial charge in [0.1, 0.15) is 24.4 Å². The molecule has 34 heavy (non-hydrogen) atoms. The number of aliphatic hydroxyl groups excluding tert-OH is 5. The lowest BCUT2D eigenvalue weighted by Crippen LogP contribution is -2.47. The first-order chi connectivity index (χ1) is 16.1. The third-order valence-corrected chi connectivity index (χ3v) is 6.74. The molecule has 0 saturated heterocycles. The van der Waals surface area contributed by atoms with E-state index in [0.29, 0.717) is 6.61 Å². The van der Waals surface area contributed by atoms with Gasteiger partial charge in [-0.25, -0.2) is 0 Å². The molecule has 0 aromatic heterocycles. The Balaban J connectivity index is 3.78. The zero-order valence-electron chi connectivity index (χ0n) is 22.7. The predicted molar refractivity (Wildman–Crippen MR) is 140 cm³/mol. The molecular weight excluding hydrogens is 432 g/mol. The highest BCUT2D eigenvalue weighted by atomic mass is 16.5. The van der Waals surface area contributed by atoms with Gasteiger partial charge in [-0.1, -0.05) is 84.3 Å². The van der Waals surface area contributed by atoms with Crippen LogP contribution >= 0.6 is 0 Å². The van der Waals surface area contributed by atoms with Gasteiger partial charge in [0.05, 0.1) is 13.2 Å². The molecule has 0 heterocycles. The predicted octanol–water partition coefficient (Wildman–Crippen LogP) is 4.60. The number of aliphatic hydroxyl groups is 5. The minimum absolute atomic E-state index is 0.131. The zero-order chi connectivity index (χ0) is 25.9. The Kier molecular flexibility index (Phi) is 20.4. The van der Waals surface area contributed by atoms with Gasteiger partial charge in [-0.3, -0.25) is 0 Å². The fraction of sp³-hybridized carbons (Fsp3) is 0.929. The van der Waals surface area contributed by atoms with Gasteiger partial charge in [-0.15, -0.1) is 0 Å². The van der Waals surface area contributed by atoms with Crippen molar-refractivity contribution in [2.45, 2.75) is 130 Å². The molecule has 0 aliphatic rings. The smallest absolute Gasteiger partial charge is 0.111 e. The van der Waals surface area contributed by atoms with Gasteiger partial charge in [-0.2, -0.15) is 0 Å². The van der Waals surface area contributed by atoms with E-state index < -0.39 is 31.0 Å². The number of rotatable bonds is 22. The summed E-state index contributed by atoms with van der Waals surface area (Å²) in [6, 6.07) is 0. The Labute approximate surface area is 209 Å². The highest BCUT2D eigenvalue weighted by Crippen LogP contribution is 2.22. The van der Waals surface area contributed by atoms with Crippen molar-refractivity contribution in [3.63, 3.8) is 0 Å². The number of unbranched alkanes of at least 4 members (excludes halogenated alkanes) is 1. The van der Waals surface area contributed by atoms with Crippen molar-refractivity contribution >= 4 is 0 Å². The first-order valence-electron chi connectivity index (χ1n) is 13.6. The minimum atomic E-state index is -1.61. The van der Waals surface area contributed by atoms with Gasteiger partial charge in [0, 0.05) is 6.61 Å². The van der Waals surface area contributed by atoms with Gasteiger partial charge in [0.2, 0.25) is 0 Å². The van der Waals surface area contributed by atoms with E-state index in [4.69, 9.17) is 9.84 Å². The summed E-state index contributed by atoms with van der Waals surface area (Å²) in [5, 5.41) is 47.2. The van der Waals surface area contributed by atoms with E-state index in [1.807, 2.05) is 0 Å². The lowest BCUT2D eigenvalue weighted by Gasteiger charge is -2.25. The molecule has 6 atom stereocenters. The van der Waals surface area contributed by atoms with Crippen LogP contribution in [0.5, 0.6) is 0 Å². The molecule has 6 nitrogen and oxygen atoms in total. The average Bonchev–Trinajstić information content (AvgIpc) is 2.79. The van der Waals surface area contributed by atoms with E-state index in [2.05, 4.69) is 40.7 Å². The highest BCUT2D eigenvalue weighted by molar-refractivity contribution is 4.97. The molecule has 0 amide bonds. The van der Waals surface area contributed by atoms with E-state index in [0.717, 1.165) is 37.0 Å². The van der Waals surface area contributed by atoms with Crippen molar-refractivity contribution < 1.29 is 30.3 Å². The summed E-state index contributed by atoms with van der Waals surface area (Å²) in [7, 11) is 0. The molecule has 0 rings (SSSR count). The SMILES string of the molecule is C/C(=C\CCCOC[C@H](O)[C@H](O)[C@@H](O)[C@@H](O)CO)CCCC(C)CCCC(C)CCCC(C)C. The summed E-state index contributed by atoms with van der Waals surface area (Å²) in [5.74, 6) is 2.48. The van der Waals surface area contributed by atoms with Crippen molar-refractivity contribution in [2.75, 3.05) is 19.8 Å². The molecule has 0 saturated carbocycles. The van der Waals surface area contributed by atoms with Gasteiger partial charge in [0.15, 0.2) is 0 Å². The van der Waals surface area contributed by atoms with Crippen molar-refractivity contribution in [1.82, 2.24) is 0 Å². The highest BCUT2D eigenvalue weighted by Gasteiger charge is 2.29. The molecule has 204 valence electrons. The molecule has 0 bridgehead atoms. The summed E-state index contributed by atoms with van der Waals surface area (Å²) >= 11 is 0. The number of ether oxygens (including phenoxy) is 1. The van der Waals surface area contributed by atoms with E-state index >= 15 is 0 Å². The van der Waals surface area contributed by atoms with Crippen LogP contribution in [0.15, 0.2) is 11.6 Å². The lowest BCUT2D eigenvalue weighted by atomic mass is 9.91. The second kappa shape index (κ2) is 20.7. The van der Waals surface area contributed by atoms with Crippen LogP contribution in [-0.2, 0) is 4.74 Å². The minimum Gasteiger partial charge on any atom is -0.394 e. The normalized spacial score (nSPS) is 18.0. The monoisotopic (exact) mass is 488 g/mol. The van der Waals surface area contributed by atoms with E-state index in [-0.39, 0.29) is 6.61 Å². The van der Waals surface area contributed by atoms with E-state index in [1.54, 1.807) is 0 Å². The first kappa shape index (κ1) is 33.5. The van der Waals surface area contributed by atoms with Gasteiger partial charge in [-0.05, 0) is 50.4 Å². The summed E-state index contributed by atoms with van der Waals surface area (Å²) in [6.45, 7) is 11.2. The maximum absolute atomic E-state index is 9.81. The summed E-state index contributed by atoms with van der Waals surface area (Å²) < 4.78 is 5.37. The third kappa shape index (κ3) is 17.9. The average molecular weight is 489 g/mol. The number of hydrogen-bond donors (Lipinski definition) is 5. The first-order valence-corrected chi connectivity index (χ1v) is 13.6. The summed E-state index contributed by atoms with van der Waals surface area (Å²) in [4.78, 5) is 0. The van der Waals surface area contributed by atoms with Crippen LogP contribution in [0.2, 0.25) is 0 Å². The molecule has 0 aromatic rings. The largest absolute Gasteiger partial charge is 0.394 e. The molecule has 0 aliphatic carbocycles. The van der Waals surface area contributed by atoms with Crippen LogP contribution in [0.25, 0.3) is 0 Å². The number of allylic oxidation sites excluding steroid dienone is 2. The molecule has 2 unspecified atom stereocenters. The molecule has 0 spiro atoms. The van der Waals surface area contributed by atoms with Crippen LogP contribution in [-0.4, -0.2) is 69.8 Å². The summed E-state index contributed by atoms with van der Waals surface area (Å²) in [6.07, 6.45) is 9.80. The van der Waals surface area contributed by atoms with Gasteiger partial charge < -0.3 is 30.3 Å². The lowest BCUT2D eigenvalue weighted by molar-refractivity contribution is -0.129. The maximum Gasteiger partial charge on any atom is 0.111 e. The topological polar surface area (TPSA) is 110 Å². The molecular formula is C28H56O6. The maximum atomic E-state index is 9.81. The van der Waals surface area contributed by atoms with Crippen LogP contribution in [0.4, 0.5) is 0 Å². The Hall–Kier alpha value is -0.500. The second-order valence-corrected chi connectivity index (χ2v) is 10.9. The quantitative estimate of drug-likeness (QED) is 0.112. The molecule has 0 radical (unpaired) electrons. The van der Waals surface area contributed by atoms with Crippen molar-refractivity contribution in [3.8, 4) is 0 Å². The van der Waals surface area contributed by atoms with Crippen molar-refractivity contribution in [2.24, 2.45) is 17.8 Å². The fourth-order valence-corrected chi connectivity index (χ4v) is 4.21. The molecule has 0 aromatic carbocycles. The summed E-state index contributed by atoms with van der Waals surface area (Å²) in [5.41, 5.74) is 1.41. The van der Waals surface area contributed by atoms with E-state index in [9.17, 15) is 20.4 Å². The van der Waals surface area contributed by atoms with Gasteiger partial charge in [0.25, 0.3) is 0 Å². The molecule has 0 aliphatic heterocycles. The van der Waals surface area contributed by atoms with Crippen LogP contribution in [0.1, 0.15) is 105 Å². The van der Waals surface area contributed by atoms with Gasteiger partial charge >= 0.3 is 0 Å². The number of hydrogen-bond acceptors (Lipinski definition) is 6. The molecule has 5 N–H and O–H groups in total. The third-order valence-electron chi connectivity index (χ3n) is 6.74. The van der Waals surface area contributed by atoms with Crippen LogP contribution < -0.4 is 0 Å². The Morgan fingerprint density at radius 2 is 1.26 bits per heavy atom. The zero-order valence-corrected chi connectivity index (χ0v) is 22.7. The fourth-order valence-electron chi connectivity index (χ4n) is 4.21. The Morgan fingerprint density at radius 3 is 1.82 bits per heavy atom.